The molecule has 0 heterocycles. The van der Waals surface area contributed by atoms with Gasteiger partial charge in [0.15, 0.2) is 0 Å². The maximum atomic E-state index is 10.6. The Morgan fingerprint density at radius 1 is 1.55 bits per heavy atom. The van der Waals surface area contributed by atoms with Gasteiger partial charge in [-0.15, -0.1) is 0 Å². The highest BCUT2D eigenvalue weighted by atomic mass is 16.5. The Labute approximate surface area is 64.2 Å². The van der Waals surface area contributed by atoms with Gasteiger partial charge in [-0.25, -0.2) is 9.59 Å². The molecule has 0 spiro atoms. The van der Waals surface area contributed by atoms with Gasteiger partial charge in [-0.2, -0.15) is 0 Å². The standard InChI is InChI=1S/C6H10N2O3/c1-4(5(9)11-2)3-8-6(7)10/h3H,1-2H3,(H3,7,8,10). The van der Waals surface area contributed by atoms with Gasteiger partial charge in [-0.3, -0.25) is 0 Å². The van der Waals surface area contributed by atoms with Crippen LogP contribution in [0.15, 0.2) is 11.8 Å². The number of hydrogen-bond acceptors (Lipinski definition) is 3. The van der Waals surface area contributed by atoms with E-state index in [1.165, 1.54) is 20.2 Å². The number of methoxy groups -OCH3 is 1. The molecule has 3 N–H and O–H groups in total. The summed E-state index contributed by atoms with van der Waals surface area (Å²) in [6, 6.07) is -0.715. The molecular weight excluding hydrogens is 148 g/mol. The Balaban J connectivity index is 4.00. The molecule has 0 aliphatic rings. The van der Waals surface area contributed by atoms with Crippen molar-refractivity contribution >= 4 is 12.0 Å². The van der Waals surface area contributed by atoms with E-state index < -0.39 is 12.0 Å². The number of amides is 2. The van der Waals surface area contributed by atoms with Crippen molar-refractivity contribution in [1.82, 2.24) is 5.32 Å². The third kappa shape index (κ3) is 3.96. The van der Waals surface area contributed by atoms with Crippen LogP contribution in [0.4, 0.5) is 4.79 Å². The van der Waals surface area contributed by atoms with E-state index in [0.29, 0.717) is 0 Å². The third-order valence-corrected chi connectivity index (χ3v) is 0.938. The summed E-state index contributed by atoms with van der Waals surface area (Å²) >= 11 is 0. The molecule has 2 amide bonds. The number of carbonyl (C=O) groups excluding carboxylic acids is 2. The molecule has 5 heteroatoms. The Hall–Kier alpha value is -1.52. The van der Waals surface area contributed by atoms with Crippen LogP contribution in [-0.4, -0.2) is 19.1 Å². The van der Waals surface area contributed by atoms with Gasteiger partial charge in [0.05, 0.1) is 12.7 Å². The maximum Gasteiger partial charge on any atom is 0.334 e. The predicted molar refractivity (Wildman–Crippen MR) is 38.5 cm³/mol. The van der Waals surface area contributed by atoms with Crippen LogP contribution < -0.4 is 11.1 Å². The molecule has 0 unspecified atom stereocenters. The number of urea groups is 1. The highest BCUT2D eigenvalue weighted by molar-refractivity contribution is 5.88. The van der Waals surface area contributed by atoms with E-state index in [9.17, 15) is 9.59 Å². The van der Waals surface area contributed by atoms with Crippen molar-refractivity contribution in [3.63, 3.8) is 0 Å². The van der Waals surface area contributed by atoms with Gasteiger partial charge in [-0.05, 0) is 6.92 Å². The number of nitrogens with two attached hydrogens (primary N) is 1. The van der Waals surface area contributed by atoms with E-state index in [4.69, 9.17) is 5.73 Å². The second kappa shape index (κ2) is 4.32. The monoisotopic (exact) mass is 158 g/mol. The van der Waals surface area contributed by atoms with Crippen LogP contribution in [0.1, 0.15) is 6.92 Å². The molecule has 0 rings (SSSR count). The Morgan fingerprint density at radius 3 is 2.45 bits per heavy atom. The van der Waals surface area contributed by atoms with Crippen LogP contribution in [0.25, 0.3) is 0 Å². The van der Waals surface area contributed by atoms with Gasteiger partial charge in [0, 0.05) is 6.20 Å². The quantitative estimate of drug-likeness (QED) is 0.428. The number of primary amides is 1. The highest BCUT2D eigenvalue weighted by Gasteiger charge is 2.01. The van der Waals surface area contributed by atoms with E-state index in [1.807, 2.05) is 0 Å². The second-order valence-electron chi connectivity index (χ2n) is 1.83. The zero-order valence-electron chi connectivity index (χ0n) is 6.38. The fraction of sp³-hybridized carbons (Fsp3) is 0.333. The molecule has 0 aromatic rings. The summed E-state index contributed by atoms with van der Waals surface area (Å²) in [5, 5.41) is 2.14. The highest BCUT2D eigenvalue weighted by Crippen LogP contribution is 1.91. The summed E-state index contributed by atoms with van der Waals surface area (Å²) in [6.45, 7) is 1.50. The largest absolute Gasteiger partial charge is 0.466 e. The zero-order chi connectivity index (χ0) is 8.85. The summed E-state index contributed by atoms with van der Waals surface area (Å²) in [5.74, 6) is -0.501. The fourth-order valence-corrected chi connectivity index (χ4v) is 0.399. The van der Waals surface area contributed by atoms with Crippen molar-refractivity contribution in [1.29, 1.82) is 0 Å². The lowest BCUT2D eigenvalue weighted by atomic mass is 10.3. The summed E-state index contributed by atoms with van der Waals surface area (Å²) < 4.78 is 4.34. The molecule has 0 bridgehead atoms. The normalized spacial score (nSPS) is 10.5. The van der Waals surface area contributed by atoms with Gasteiger partial charge in [0.25, 0.3) is 0 Å². The minimum atomic E-state index is -0.715. The van der Waals surface area contributed by atoms with Gasteiger partial charge in [0.2, 0.25) is 0 Å². The first kappa shape index (κ1) is 9.48. The van der Waals surface area contributed by atoms with Crippen LogP contribution >= 0.6 is 0 Å². The molecule has 0 aliphatic carbocycles. The topological polar surface area (TPSA) is 81.4 Å². The lowest BCUT2D eigenvalue weighted by Crippen LogP contribution is -2.25. The number of nitrogens with one attached hydrogen (secondary N) is 1. The molecule has 11 heavy (non-hydrogen) atoms. The van der Waals surface area contributed by atoms with Gasteiger partial charge >= 0.3 is 12.0 Å². The lowest BCUT2D eigenvalue weighted by molar-refractivity contribution is -0.136. The van der Waals surface area contributed by atoms with E-state index in [1.54, 1.807) is 0 Å². The van der Waals surface area contributed by atoms with Crippen LogP contribution in [0, 0.1) is 0 Å². The van der Waals surface area contributed by atoms with Crippen molar-refractivity contribution in [2.24, 2.45) is 5.73 Å². The van der Waals surface area contributed by atoms with E-state index in [0.717, 1.165) is 0 Å². The van der Waals surface area contributed by atoms with Crippen LogP contribution in [0.3, 0.4) is 0 Å². The minimum Gasteiger partial charge on any atom is -0.466 e. The second-order valence-corrected chi connectivity index (χ2v) is 1.83. The van der Waals surface area contributed by atoms with Crippen molar-refractivity contribution in [2.45, 2.75) is 6.92 Å². The Kier molecular flexibility index (Phi) is 3.72. The molecule has 5 nitrogen and oxygen atoms in total. The molecule has 0 radical (unpaired) electrons. The summed E-state index contributed by atoms with van der Waals surface area (Å²) in [5.41, 5.74) is 5.02. The Morgan fingerprint density at radius 2 is 2.09 bits per heavy atom. The van der Waals surface area contributed by atoms with Crippen molar-refractivity contribution in [3.8, 4) is 0 Å². The lowest BCUT2D eigenvalue weighted by Gasteiger charge is -1.97. The van der Waals surface area contributed by atoms with E-state index in [2.05, 4.69) is 10.1 Å². The molecule has 0 atom stereocenters. The first-order valence-electron chi connectivity index (χ1n) is 2.89. The number of carbonyl (C=O) groups is 2. The van der Waals surface area contributed by atoms with Crippen molar-refractivity contribution in [2.75, 3.05) is 7.11 Å². The zero-order valence-corrected chi connectivity index (χ0v) is 6.38. The average Bonchev–Trinajstić information content (AvgIpc) is 1.98. The summed E-state index contributed by atoms with van der Waals surface area (Å²) in [6.07, 6.45) is 1.19. The van der Waals surface area contributed by atoms with E-state index >= 15 is 0 Å². The third-order valence-electron chi connectivity index (χ3n) is 0.938. The summed E-state index contributed by atoms with van der Waals surface area (Å²) in [7, 11) is 1.25. The smallest absolute Gasteiger partial charge is 0.334 e. The van der Waals surface area contributed by atoms with Crippen LogP contribution in [0.5, 0.6) is 0 Å². The number of ether oxygens (including phenoxy) is 1. The average molecular weight is 158 g/mol. The molecule has 62 valence electrons. The summed E-state index contributed by atoms with van der Waals surface area (Å²) in [4.78, 5) is 20.8. The van der Waals surface area contributed by atoms with Crippen LogP contribution in [0.2, 0.25) is 0 Å². The first-order valence-corrected chi connectivity index (χ1v) is 2.89. The van der Waals surface area contributed by atoms with E-state index in [-0.39, 0.29) is 5.57 Å². The minimum absolute atomic E-state index is 0.284. The Bertz CT molecular complexity index is 198. The molecule has 0 aromatic heterocycles. The van der Waals surface area contributed by atoms with Crippen molar-refractivity contribution < 1.29 is 14.3 Å². The molecule has 0 aliphatic heterocycles. The molecular formula is C6H10N2O3. The molecule has 0 fully saturated rings. The van der Waals surface area contributed by atoms with Crippen LogP contribution in [-0.2, 0) is 9.53 Å². The SMILES string of the molecule is COC(=O)C(C)=CNC(N)=O. The number of rotatable bonds is 2. The number of hydrogen-bond donors (Lipinski definition) is 2. The maximum absolute atomic E-state index is 10.6. The fourth-order valence-electron chi connectivity index (χ4n) is 0.399. The number of esters is 1. The van der Waals surface area contributed by atoms with Gasteiger partial charge < -0.3 is 15.8 Å². The molecule has 0 saturated carbocycles. The van der Waals surface area contributed by atoms with Gasteiger partial charge in [-0.1, -0.05) is 0 Å². The first-order chi connectivity index (χ1) is 5.07. The molecule has 0 saturated heterocycles. The van der Waals surface area contributed by atoms with Crippen molar-refractivity contribution in [3.05, 3.63) is 11.8 Å². The molecule has 0 aromatic carbocycles. The predicted octanol–water partition coefficient (Wildman–Crippen LogP) is -0.268. The van der Waals surface area contributed by atoms with Gasteiger partial charge in [0.1, 0.15) is 0 Å².